The minimum Gasteiger partial charge on any atom is -0.372 e. The van der Waals surface area contributed by atoms with Gasteiger partial charge >= 0.3 is 0 Å². The van der Waals surface area contributed by atoms with E-state index in [9.17, 15) is 13.5 Å². The molecule has 0 bridgehead atoms. The van der Waals surface area contributed by atoms with Crippen molar-refractivity contribution in [2.45, 2.75) is 51.4 Å². The molecular weight excluding hydrogens is 216 g/mol. The summed E-state index contributed by atoms with van der Waals surface area (Å²) >= 11 is 0. The van der Waals surface area contributed by atoms with Crippen molar-refractivity contribution < 1.29 is 18.1 Å². The van der Waals surface area contributed by atoms with Gasteiger partial charge in [-0.25, -0.2) is 0 Å². The van der Waals surface area contributed by atoms with E-state index in [2.05, 4.69) is 20.8 Å². The van der Waals surface area contributed by atoms with Crippen LogP contribution in [-0.4, -0.2) is 23.0 Å². The van der Waals surface area contributed by atoms with E-state index in [1.165, 1.54) is 0 Å². The van der Waals surface area contributed by atoms with E-state index in [1.807, 2.05) is 0 Å². The molecule has 1 fully saturated rings. The second-order valence-corrected chi connectivity index (χ2v) is 7.27. The van der Waals surface area contributed by atoms with Crippen LogP contribution < -0.4 is 0 Å². The van der Waals surface area contributed by atoms with Crippen LogP contribution in [-0.2, 0) is 10.1 Å². The minimum atomic E-state index is -4.34. The molecule has 1 rings (SSSR count). The monoisotopic (exact) mass is 236 g/mol. The third-order valence-corrected chi connectivity index (χ3v) is 4.84. The van der Waals surface area contributed by atoms with E-state index < -0.39 is 15.1 Å². The third-order valence-electron chi connectivity index (χ3n) is 3.47. The summed E-state index contributed by atoms with van der Waals surface area (Å²) in [5.41, 5.74) is 0.126. The summed E-state index contributed by atoms with van der Waals surface area (Å²) in [6.07, 6.45) is 1.54. The molecule has 4 nitrogen and oxygen atoms in total. The second-order valence-electron chi connectivity index (χ2n) is 5.56. The Labute approximate surface area is 91.4 Å². The highest BCUT2D eigenvalue weighted by Crippen LogP contribution is 2.42. The molecule has 1 aliphatic rings. The fraction of sp³-hybridized carbons (Fsp3) is 1.00. The molecule has 0 amide bonds. The van der Waals surface area contributed by atoms with E-state index in [0.29, 0.717) is 18.8 Å². The lowest BCUT2D eigenvalue weighted by atomic mass is 9.72. The van der Waals surface area contributed by atoms with Crippen LogP contribution >= 0.6 is 0 Å². The minimum absolute atomic E-state index is 0.126. The molecule has 0 aromatic heterocycles. The first-order valence-electron chi connectivity index (χ1n) is 5.26. The number of hydrogen-bond donors (Lipinski definition) is 2. The van der Waals surface area contributed by atoms with Crippen molar-refractivity contribution in [1.29, 1.82) is 0 Å². The van der Waals surface area contributed by atoms with Gasteiger partial charge in [-0.1, -0.05) is 20.8 Å². The maximum atomic E-state index is 11.0. The lowest BCUT2D eigenvalue weighted by molar-refractivity contribution is 0.0325. The van der Waals surface area contributed by atoms with Crippen LogP contribution in [0.15, 0.2) is 0 Å². The summed E-state index contributed by atoms with van der Waals surface area (Å²) < 4.78 is 30.9. The zero-order valence-corrected chi connectivity index (χ0v) is 10.3. The maximum absolute atomic E-state index is 11.0. The van der Waals surface area contributed by atoms with Crippen LogP contribution in [0.1, 0.15) is 46.5 Å². The molecule has 0 heterocycles. The standard InChI is InChI=1S/C10H20O4S/c1-9(2,3)8-4-6-10(11,7-5-8)15(12,13)14/h8,11H,4-7H2,1-3H3,(H,12,13,14). The zero-order valence-electron chi connectivity index (χ0n) is 9.52. The van der Waals surface area contributed by atoms with Crippen molar-refractivity contribution in [3.8, 4) is 0 Å². The van der Waals surface area contributed by atoms with Crippen molar-refractivity contribution in [2.75, 3.05) is 0 Å². The fourth-order valence-corrected chi connectivity index (χ4v) is 2.94. The van der Waals surface area contributed by atoms with Gasteiger partial charge in [-0.15, -0.1) is 0 Å². The maximum Gasteiger partial charge on any atom is 0.294 e. The first kappa shape index (κ1) is 12.9. The normalized spacial score (nSPS) is 34.1. The predicted octanol–water partition coefficient (Wildman–Crippen LogP) is 1.80. The van der Waals surface area contributed by atoms with Gasteiger partial charge in [0.15, 0.2) is 4.93 Å². The summed E-state index contributed by atoms with van der Waals surface area (Å²) in [5, 5.41) is 9.75. The van der Waals surface area contributed by atoms with Crippen LogP contribution in [0.4, 0.5) is 0 Å². The molecule has 0 atom stereocenters. The van der Waals surface area contributed by atoms with E-state index in [1.54, 1.807) is 0 Å². The molecule has 0 aromatic carbocycles. The van der Waals surface area contributed by atoms with Crippen LogP contribution in [0.5, 0.6) is 0 Å². The van der Waals surface area contributed by atoms with Gasteiger partial charge in [-0.05, 0) is 37.0 Å². The molecule has 0 spiro atoms. The molecule has 15 heavy (non-hydrogen) atoms. The van der Waals surface area contributed by atoms with Crippen LogP contribution in [0.2, 0.25) is 0 Å². The van der Waals surface area contributed by atoms with Gasteiger partial charge < -0.3 is 5.11 Å². The molecule has 0 saturated heterocycles. The van der Waals surface area contributed by atoms with Crippen molar-refractivity contribution >= 4 is 10.1 Å². The van der Waals surface area contributed by atoms with E-state index in [4.69, 9.17) is 4.55 Å². The second kappa shape index (κ2) is 3.71. The van der Waals surface area contributed by atoms with Gasteiger partial charge in [0.2, 0.25) is 0 Å². The Hall–Kier alpha value is -0.130. The average molecular weight is 236 g/mol. The summed E-state index contributed by atoms with van der Waals surface area (Å²) in [6.45, 7) is 6.32. The number of rotatable bonds is 1. The molecule has 0 unspecified atom stereocenters. The van der Waals surface area contributed by atoms with E-state index >= 15 is 0 Å². The quantitative estimate of drug-likeness (QED) is 0.681. The lowest BCUT2D eigenvalue weighted by Gasteiger charge is -2.39. The van der Waals surface area contributed by atoms with Crippen LogP contribution in [0.3, 0.4) is 0 Å². The molecular formula is C10H20O4S. The smallest absolute Gasteiger partial charge is 0.294 e. The molecule has 1 aliphatic carbocycles. The Bertz CT molecular complexity index is 318. The third kappa shape index (κ3) is 2.71. The van der Waals surface area contributed by atoms with Crippen molar-refractivity contribution in [1.82, 2.24) is 0 Å². The molecule has 1 saturated carbocycles. The molecule has 5 heteroatoms. The van der Waals surface area contributed by atoms with E-state index in [0.717, 1.165) is 0 Å². The summed E-state index contributed by atoms with van der Waals surface area (Å²) in [6, 6.07) is 0. The van der Waals surface area contributed by atoms with Crippen LogP contribution in [0.25, 0.3) is 0 Å². The van der Waals surface area contributed by atoms with Gasteiger partial charge in [-0.2, -0.15) is 8.42 Å². The first-order valence-corrected chi connectivity index (χ1v) is 6.70. The topological polar surface area (TPSA) is 74.6 Å². The Balaban J connectivity index is 2.72. The molecule has 2 N–H and O–H groups in total. The zero-order chi connectivity index (χ0) is 11.9. The SMILES string of the molecule is CC(C)(C)C1CCC(O)(S(=O)(=O)O)CC1. The highest BCUT2D eigenvalue weighted by Gasteiger charge is 2.45. The van der Waals surface area contributed by atoms with Gasteiger partial charge in [0.1, 0.15) is 0 Å². The van der Waals surface area contributed by atoms with Gasteiger partial charge in [0.05, 0.1) is 0 Å². The van der Waals surface area contributed by atoms with Gasteiger partial charge in [-0.3, -0.25) is 4.55 Å². The molecule has 0 aromatic rings. The average Bonchev–Trinajstić information content (AvgIpc) is 2.01. The lowest BCUT2D eigenvalue weighted by Crippen LogP contribution is -2.43. The molecule has 0 aliphatic heterocycles. The number of hydrogen-bond acceptors (Lipinski definition) is 3. The van der Waals surface area contributed by atoms with Gasteiger partial charge in [0.25, 0.3) is 10.1 Å². The summed E-state index contributed by atoms with van der Waals surface area (Å²) in [7, 11) is -4.34. The molecule has 0 radical (unpaired) electrons. The molecule has 90 valence electrons. The Morgan fingerprint density at radius 3 is 1.87 bits per heavy atom. The Kier molecular flexibility index (Phi) is 3.20. The van der Waals surface area contributed by atoms with E-state index in [-0.39, 0.29) is 18.3 Å². The first-order chi connectivity index (χ1) is 6.56. The highest BCUT2D eigenvalue weighted by molar-refractivity contribution is 7.87. The fourth-order valence-electron chi connectivity index (χ4n) is 2.19. The van der Waals surface area contributed by atoms with Gasteiger partial charge in [0, 0.05) is 0 Å². The van der Waals surface area contributed by atoms with Crippen molar-refractivity contribution in [3.63, 3.8) is 0 Å². The summed E-state index contributed by atoms with van der Waals surface area (Å²) in [4.78, 5) is -1.91. The summed E-state index contributed by atoms with van der Waals surface area (Å²) in [5.74, 6) is 0.402. The predicted molar refractivity (Wildman–Crippen MR) is 57.9 cm³/mol. The number of aliphatic hydroxyl groups is 1. The Morgan fingerprint density at radius 1 is 1.20 bits per heavy atom. The van der Waals surface area contributed by atoms with Crippen molar-refractivity contribution in [2.24, 2.45) is 11.3 Å². The Morgan fingerprint density at radius 2 is 1.60 bits per heavy atom. The van der Waals surface area contributed by atoms with Crippen LogP contribution in [0, 0.1) is 11.3 Å². The highest BCUT2D eigenvalue weighted by atomic mass is 32.2. The van der Waals surface area contributed by atoms with Crippen molar-refractivity contribution in [3.05, 3.63) is 0 Å². The largest absolute Gasteiger partial charge is 0.372 e.